The molecule has 0 saturated heterocycles. The molecule has 1 heterocycles. The van der Waals surface area contributed by atoms with Crippen molar-refractivity contribution in [2.75, 3.05) is 0 Å². The Hall–Kier alpha value is -0.980. The van der Waals surface area contributed by atoms with Gasteiger partial charge in [-0.1, -0.05) is 12.8 Å². The zero-order valence-corrected chi connectivity index (χ0v) is 11.3. The van der Waals surface area contributed by atoms with E-state index in [1.165, 1.54) is 0 Å². The monoisotopic (exact) mass is 269 g/mol. The summed E-state index contributed by atoms with van der Waals surface area (Å²) in [5.74, 6) is 0. The third kappa shape index (κ3) is 2.71. The Morgan fingerprint density at radius 3 is 2.72 bits per heavy atom. The van der Waals surface area contributed by atoms with Crippen LogP contribution in [0.1, 0.15) is 38.3 Å². The molecule has 2 rings (SSSR count). The van der Waals surface area contributed by atoms with Crippen molar-refractivity contribution in [3.8, 4) is 0 Å². The highest BCUT2D eigenvalue weighted by molar-refractivity contribution is 7.89. The van der Waals surface area contributed by atoms with Gasteiger partial charge in [-0.05, 0) is 31.9 Å². The Labute approximate surface area is 108 Å². The Bertz CT molecular complexity index is 522. The van der Waals surface area contributed by atoms with Gasteiger partial charge < -0.3 is 5.73 Å². The number of hydrogen-bond acceptors (Lipinski definition) is 4. The lowest BCUT2D eigenvalue weighted by Gasteiger charge is -2.25. The molecule has 0 aliphatic heterocycles. The summed E-state index contributed by atoms with van der Waals surface area (Å²) in [6.45, 7) is 2.07. The molecule has 0 amide bonds. The second kappa shape index (κ2) is 4.95. The van der Waals surface area contributed by atoms with Crippen molar-refractivity contribution >= 4 is 10.0 Å². The van der Waals surface area contributed by atoms with Crippen LogP contribution in [0, 0.1) is 0 Å². The molecular weight excluding hydrogens is 250 g/mol. The Kier molecular flexibility index (Phi) is 3.70. The van der Waals surface area contributed by atoms with Gasteiger partial charge in [-0.2, -0.15) is 0 Å². The van der Waals surface area contributed by atoms with Crippen molar-refractivity contribution < 1.29 is 8.42 Å². The van der Waals surface area contributed by atoms with Gasteiger partial charge in [-0.3, -0.25) is 4.98 Å². The van der Waals surface area contributed by atoms with Gasteiger partial charge in [0.1, 0.15) is 4.90 Å². The number of nitrogens with one attached hydrogen (secondary N) is 1. The quantitative estimate of drug-likeness (QED) is 0.858. The molecule has 1 fully saturated rings. The molecule has 3 N–H and O–H groups in total. The van der Waals surface area contributed by atoms with E-state index in [9.17, 15) is 8.42 Å². The highest BCUT2D eigenvalue weighted by atomic mass is 32.2. The zero-order chi connectivity index (χ0) is 13.2. The minimum absolute atomic E-state index is 0.119. The average Bonchev–Trinajstić information content (AvgIpc) is 2.74. The van der Waals surface area contributed by atoms with E-state index in [1.54, 1.807) is 18.3 Å². The van der Waals surface area contributed by atoms with Gasteiger partial charge in [-0.15, -0.1) is 0 Å². The van der Waals surface area contributed by atoms with Crippen molar-refractivity contribution in [3.05, 3.63) is 24.0 Å². The maximum Gasteiger partial charge on any atom is 0.242 e. The molecule has 5 nitrogen and oxygen atoms in total. The van der Waals surface area contributed by atoms with Crippen LogP contribution in [0.2, 0.25) is 0 Å². The number of pyridine rings is 1. The van der Waals surface area contributed by atoms with E-state index in [-0.39, 0.29) is 17.0 Å². The average molecular weight is 269 g/mol. The maximum atomic E-state index is 12.4. The van der Waals surface area contributed by atoms with Crippen LogP contribution in [-0.2, 0) is 16.6 Å². The lowest BCUT2D eigenvalue weighted by atomic mass is 10.0. The molecule has 1 aromatic rings. The molecule has 1 aliphatic rings. The van der Waals surface area contributed by atoms with E-state index >= 15 is 0 Å². The van der Waals surface area contributed by atoms with Crippen molar-refractivity contribution in [1.82, 2.24) is 9.71 Å². The molecule has 6 heteroatoms. The first-order valence-corrected chi connectivity index (χ1v) is 7.63. The fraction of sp³-hybridized carbons (Fsp3) is 0.583. The summed E-state index contributed by atoms with van der Waals surface area (Å²) in [6.07, 6.45) is 5.44. The summed E-state index contributed by atoms with van der Waals surface area (Å²) < 4.78 is 27.5. The van der Waals surface area contributed by atoms with Gasteiger partial charge in [-0.25, -0.2) is 13.1 Å². The minimum atomic E-state index is -3.54. The molecular formula is C12H19N3O2S. The van der Waals surface area contributed by atoms with Crippen LogP contribution in [0.15, 0.2) is 23.2 Å². The summed E-state index contributed by atoms with van der Waals surface area (Å²) in [6, 6.07) is 3.17. The maximum absolute atomic E-state index is 12.4. The topological polar surface area (TPSA) is 85.1 Å². The molecule has 0 spiro atoms. The zero-order valence-electron chi connectivity index (χ0n) is 10.5. The van der Waals surface area contributed by atoms with E-state index in [4.69, 9.17) is 5.73 Å². The summed E-state index contributed by atoms with van der Waals surface area (Å²) >= 11 is 0. The van der Waals surface area contributed by atoms with Crippen molar-refractivity contribution in [3.63, 3.8) is 0 Å². The third-order valence-electron chi connectivity index (χ3n) is 3.42. The largest absolute Gasteiger partial charge is 0.325 e. The summed E-state index contributed by atoms with van der Waals surface area (Å²) in [7, 11) is -3.54. The molecule has 0 aromatic carbocycles. The molecule has 0 atom stereocenters. The number of sulfonamides is 1. The molecule has 0 radical (unpaired) electrons. The molecule has 1 saturated carbocycles. The van der Waals surface area contributed by atoms with Gasteiger partial charge in [0.25, 0.3) is 0 Å². The predicted octanol–water partition coefficient (Wildman–Crippen LogP) is 1.15. The van der Waals surface area contributed by atoms with Crippen LogP contribution in [0.5, 0.6) is 0 Å². The van der Waals surface area contributed by atoms with E-state index in [0.29, 0.717) is 5.69 Å². The first-order valence-electron chi connectivity index (χ1n) is 6.15. The molecule has 1 aromatic heterocycles. The van der Waals surface area contributed by atoms with Crippen molar-refractivity contribution in [2.45, 2.75) is 49.6 Å². The lowest BCUT2D eigenvalue weighted by Crippen LogP contribution is -2.43. The van der Waals surface area contributed by atoms with E-state index in [0.717, 1.165) is 25.7 Å². The van der Waals surface area contributed by atoms with Gasteiger partial charge in [0, 0.05) is 18.3 Å². The van der Waals surface area contributed by atoms with Crippen LogP contribution in [-0.4, -0.2) is 18.9 Å². The first kappa shape index (κ1) is 13.5. The highest BCUT2D eigenvalue weighted by Crippen LogP contribution is 2.30. The first-order chi connectivity index (χ1) is 8.47. The van der Waals surface area contributed by atoms with Crippen LogP contribution >= 0.6 is 0 Å². The normalized spacial score (nSPS) is 19.0. The van der Waals surface area contributed by atoms with Crippen LogP contribution < -0.4 is 10.5 Å². The molecule has 0 unspecified atom stereocenters. The minimum Gasteiger partial charge on any atom is -0.325 e. The summed E-state index contributed by atoms with van der Waals surface area (Å²) in [5, 5.41) is 0. The van der Waals surface area contributed by atoms with Crippen molar-refractivity contribution in [2.24, 2.45) is 5.73 Å². The Balaban J connectivity index is 2.30. The van der Waals surface area contributed by atoms with Gasteiger partial charge >= 0.3 is 0 Å². The van der Waals surface area contributed by atoms with E-state index in [1.807, 2.05) is 6.92 Å². The van der Waals surface area contributed by atoms with E-state index in [2.05, 4.69) is 9.71 Å². The standard InChI is InChI=1S/C12H19N3O2S/c1-12(6-2-3-7-12)15-18(16,17)11-5-4-8-14-10(11)9-13/h4-5,8,15H,2-3,6-7,9,13H2,1H3. The number of hydrogen-bond donors (Lipinski definition) is 2. The smallest absolute Gasteiger partial charge is 0.242 e. The molecule has 0 bridgehead atoms. The number of nitrogens with zero attached hydrogens (tertiary/aromatic N) is 1. The van der Waals surface area contributed by atoms with Crippen LogP contribution in [0.25, 0.3) is 0 Å². The van der Waals surface area contributed by atoms with Gasteiger partial charge in [0.2, 0.25) is 10.0 Å². The molecule has 100 valence electrons. The molecule has 18 heavy (non-hydrogen) atoms. The predicted molar refractivity (Wildman–Crippen MR) is 69.3 cm³/mol. The van der Waals surface area contributed by atoms with Crippen LogP contribution in [0.4, 0.5) is 0 Å². The lowest BCUT2D eigenvalue weighted by molar-refractivity contribution is 0.427. The van der Waals surface area contributed by atoms with Gasteiger partial charge in [0.15, 0.2) is 0 Å². The second-order valence-corrected chi connectivity index (χ2v) is 6.68. The summed E-state index contributed by atoms with van der Waals surface area (Å²) in [4.78, 5) is 4.21. The summed E-state index contributed by atoms with van der Waals surface area (Å²) in [5.41, 5.74) is 5.61. The van der Waals surface area contributed by atoms with E-state index < -0.39 is 10.0 Å². The fourth-order valence-electron chi connectivity index (χ4n) is 2.46. The molecule has 1 aliphatic carbocycles. The number of aromatic nitrogens is 1. The Morgan fingerprint density at radius 1 is 1.44 bits per heavy atom. The van der Waals surface area contributed by atoms with Crippen molar-refractivity contribution in [1.29, 1.82) is 0 Å². The van der Waals surface area contributed by atoms with Crippen LogP contribution in [0.3, 0.4) is 0 Å². The van der Waals surface area contributed by atoms with Gasteiger partial charge in [0.05, 0.1) is 5.69 Å². The SMILES string of the molecule is CC1(NS(=O)(=O)c2cccnc2CN)CCCC1. The number of nitrogens with two attached hydrogens (primary N) is 1. The number of rotatable bonds is 4. The second-order valence-electron chi connectivity index (χ2n) is 5.03. The Morgan fingerprint density at radius 2 is 2.11 bits per heavy atom. The third-order valence-corrected chi connectivity index (χ3v) is 5.13. The highest BCUT2D eigenvalue weighted by Gasteiger charge is 2.34. The fourth-order valence-corrected chi connectivity index (χ4v) is 4.12.